The number of carbonyl (C=O) groups is 1. The summed E-state index contributed by atoms with van der Waals surface area (Å²) >= 11 is 0. The number of aromatic nitrogens is 2. The van der Waals surface area contributed by atoms with E-state index in [4.69, 9.17) is 10.5 Å². The van der Waals surface area contributed by atoms with Gasteiger partial charge < -0.3 is 10.5 Å². The molecule has 1 aromatic heterocycles. The van der Waals surface area contributed by atoms with E-state index in [-0.39, 0.29) is 12.3 Å². The largest absolute Gasteiger partial charge is 0.496 e. The molecule has 0 atom stereocenters. The Morgan fingerprint density at radius 1 is 1.40 bits per heavy atom. The topological polar surface area (TPSA) is 87.2 Å². The van der Waals surface area contributed by atoms with Crippen molar-refractivity contribution in [1.82, 2.24) is 9.78 Å². The van der Waals surface area contributed by atoms with E-state index in [0.29, 0.717) is 11.3 Å². The van der Waals surface area contributed by atoms with Crippen molar-refractivity contribution in [3.05, 3.63) is 46.5 Å². The first kappa shape index (κ1) is 13.7. The molecule has 0 saturated heterocycles. The summed E-state index contributed by atoms with van der Waals surface area (Å²) < 4.78 is 19.2. The molecule has 0 bridgehead atoms. The molecular formula is C13H12FN3O3. The summed E-state index contributed by atoms with van der Waals surface area (Å²) in [5.41, 5.74) is 5.48. The Bertz CT molecular complexity index is 712. The Morgan fingerprint density at radius 2 is 2.15 bits per heavy atom. The lowest BCUT2D eigenvalue weighted by Crippen LogP contribution is -2.29. The normalized spacial score (nSPS) is 10.3. The number of halogens is 1. The zero-order chi connectivity index (χ0) is 14.7. The molecule has 1 heterocycles. The van der Waals surface area contributed by atoms with Crippen LogP contribution in [0.25, 0.3) is 11.3 Å². The molecule has 0 aliphatic heterocycles. The molecule has 0 fully saturated rings. The third-order valence-electron chi connectivity index (χ3n) is 2.61. The molecule has 1 aromatic carbocycles. The van der Waals surface area contributed by atoms with Gasteiger partial charge >= 0.3 is 0 Å². The number of methoxy groups -OCH3 is 1. The molecule has 0 saturated carbocycles. The average molecular weight is 277 g/mol. The van der Waals surface area contributed by atoms with Gasteiger partial charge in [0, 0.05) is 17.7 Å². The first-order valence-corrected chi connectivity index (χ1v) is 5.71. The molecule has 0 radical (unpaired) electrons. The van der Waals surface area contributed by atoms with Gasteiger partial charge in [0.05, 0.1) is 12.8 Å². The van der Waals surface area contributed by atoms with Crippen molar-refractivity contribution in [2.24, 2.45) is 5.73 Å². The summed E-state index contributed by atoms with van der Waals surface area (Å²) in [5, 5.41) is 4.02. The van der Waals surface area contributed by atoms with Crippen molar-refractivity contribution in [1.29, 1.82) is 0 Å². The van der Waals surface area contributed by atoms with Gasteiger partial charge in [-0.2, -0.15) is 5.10 Å². The fraction of sp³-hybridized carbons (Fsp3) is 0.154. The summed E-state index contributed by atoms with van der Waals surface area (Å²) in [7, 11) is 1.40. The Balaban J connectivity index is 2.53. The van der Waals surface area contributed by atoms with Crippen LogP contribution in [0.1, 0.15) is 0 Å². The second-order valence-electron chi connectivity index (χ2n) is 4.03. The summed E-state index contributed by atoms with van der Waals surface area (Å²) in [4.78, 5) is 22.4. The van der Waals surface area contributed by atoms with E-state index >= 15 is 0 Å². The van der Waals surface area contributed by atoms with Crippen LogP contribution in [0.15, 0.2) is 35.1 Å². The van der Waals surface area contributed by atoms with Gasteiger partial charge in [0.2, 0.25) is 5.91 Å². The van der Waals surface area contributed by atoms with E-state index in [1.54, 1.807) is 0 Å². The van der Waals surface area contributed by atoms with Gasteiger partial charge in [-0.1, -0.05) is 0 Å². The van der Waals surface area contributed by atoms with E-state index in [0.717, 1.165) is 4.68 Å². The minimum Gasteiger partial charge on any atom is -0.496 e. The van der Waals surface area contributed by atoms with E-state index in [1.165, 1.54) is 37.4 Å². The van der Waals surface area contributed by atoms with E-state index in [1.807, 2.05) is 0 Å². The summed E-state index contributed by atoms with van der Waals surface area (Å²) in [6.45, 7) is -0.323. The molecule has 0 unspecified atom stereocenters. The number of carbonyl (C=O) groups excluding carboxylic acids is 1. The molecule has 2 N–H and O–H groups in total. The number of ether oxygens (including phenoxy) is 1. The van der Waals surface area contributed by atoms with Crippen molar-refractivity contribution in [3.8, 4) is 17.0 Å². The highest BCUT2D eigenvalue weighted by Crippen LogP contribution is 2.28. The van der Waals surface area contributed by atoms with Gasteiger partial charge in [-0.15, -0.1) is 0 Å². The lowest BCUT2D eigenvalue weighted by molar-refractivity contribution is -0.118. The molecule has 20 heavy (non-hydrogen) atoms. The van der Waals surface area contributed by atoms with Crippen molar-refractivity contribution >= 4 is 5.91 Å². The van der Waals surface area contributed by atoms with Crippen LogP contribution in [0, 0.1) is 5.82 Å². The zero-order valence-electron chi connectivity index (χ0n) is 10.7. The van der Waals surface area contributed by atoms with Gasteiger partial charge in [-0.3, -0.25) is 9.59 Å². The number of hydrogen-bond acceptors (Lipinski definition) is 4. The first-order chi connectivity index (χ1) is 9.51. The molecule has 2 rings (SSSR count). The van der Waals surface area contributed by atoms with E-state index < -0.39 is 17.3 Å². The maximum Gasteiger partial charge on any atom is 0.267 e. The molecule has 0 spiro atoms. The number of hydrogen-bond donors (Lipinski definition) is 1. The van der Waals surface area contributed by atoms with Crippen LogP contribution in [0.5, 0.6) is 5.75 Å². The predicted molar refractivity (Wildman–Crippen MR) is 69.6 cm³/mol. The van der Waals surface area contributed by atoms with Gasteiger partial charge in [0.15, 0.2) is 0 Å². The van der Waals surface area contributed by atoms with Crippen LogP contribution < -0.4 is 16.0 Å². The van der Waals surface area contributed by atoms with Gasteiger partial charge in [-0.05, 0) is 18.2 Å². The SMILES string of the molecule is COc1cc(F)ccc1-c1ccc(=O)n(CC(N)=O)n1. The molecule has 0 aliphatic rings. The fourth-order valence-corrected chi connectivity index (χ4v) is 1.73. The second kappa shape index (κ2) is 5.52. The minimum absolute atomic E-state index is 0.279. The molecule has 1 amide bonds. The molecular weight excluding hydrogens is 265 g/mol. The lowest BCUT2D eigenvalue weighted by atomic mass is 10.1. The minimum atomic E-state index is -0.678. The Morgan fingerprint density at radius 3 is 2.80 bits per heavy atom. The fourth-order valence-electron chi connectivity index (χ4n) is 1.73. The van der Waals surface area contributed by atoms with Crippen LogP contribution in [0.3, 0.4) is 0 Å². The van der Waals surface area contributed by atoms with Gasteiger partial charge in [0.25, 0.3) is 5.56 Å². The van der Waals surface area contributed by atoms with E-state index in [2.05, 4.69) is 5.10 Å². The average Bonchev–Trinajstić information content (AvgIpc) is 2.41. The molecule has 6 nitrogen and oxygen atoms in total. The second-order valence-corrected chi connectivity index (χ2v) is 4.03. The predicted octanol–water partition coefficient (Wildman–Crippen LogP) is 0.543. The molecule has 104 valence electrons. The summed E-state index contributed by atoms with van der Waals surface area (Å²) in [6, 6.07) is 6.67. The maximum atomic E-state index is 13.1. The van der Waals surface area contributed by atoms with Crippen LogP contribution in [0.2, 0.25) is 0 Å². The van der Waals surface area contributed by atoms with Crippen LogP contribution in [-0.2, 0) is 11.3 Å². The summed E-state index contributed by atoms with van der Waals surface area (Å²) in [6.07, 6.45) is 0. The highest BCUT2D eigenvalue weighted by molar-refractivity contribution is 5.73. The van der Waals surface area contributed by atoms with Crippen molar-refractivity contribution in [2.75, 3.05) is 7.11 Å². The monoisotopic (exact) mass is 277 g/mol. The van der Waals surface area contributed by atoms with Crippen LogP contribution in [-0.4, -0.2) is 22.8 Å². The summed E-state index contributed by atoms with van der Waals surface area (Å²) in [5.74, 6) is -0.847. The lowest BCUT2D eigenvalue weighted by Gasteiger charge is -2.09. The number of nitrogens with zero attached hydrogens (tertiary/aromatic N) is 2. The van der Waals surface area contributed by atoms with Crippen molar-refractivity contribution in [3.63, 3.8) is 0 Å². The molecule has 7 heteroatoms. The Hall–Kier alpha value is -2.70. The third kappa shape index (κ3) is 2.82. The quantitative estimate of drug-likeness (QED) is 0.883. The number of amides is 1. The number of nitrogens with two attached hydrogens (primary N) is 1. The van der Waals surface area contributed by atoms with Crippen molar-refractivity contribution in [2.45, 2.75) is 6.54 Å². The number of rotatable bonds is 4. The Labute approximate surface area is 113 Å². The number of primary amides is 1. The maximum absolute atomic E-state index is 13.1. The molecule has 2 aromatic rings. The van der Waals surface area contributed by atoms with Crippen LogP contribution in [0.4, 0.5) is 4.39 Å². The van der Waals surface area contributed by atoms with Gasteiger partial charge in [0.1, 0.15) is 18.1 Å². The Kier molecular flexibility index (Phi) is 3.79. The highest BCUT2D eigenvalue weighted by atomic mass is 19.1. The van der Waals surface area contributed by atoms with Gasteiger partial charge in [-0.25, -0.2) is 9.07 Å². The van der Waals surface area contributed by atoms with Crippen LogP contribution >= 0.6 is 0 Å². The number of benzene rings is 1. The van der Waals surface area contributed by atoms with Crippen molar-refractivity contribution < 1.29 is 13.9 Å². The third-order valence-corrected chi connectivity index (χ3v) is 2.61. The first-order valence-electron chi connectivity index (χ1n) is 5.71. The van der Waals surface area contributed by atoms with E-state index in [9.17, 15) is 14.0 Å². The standard InChI is InChI=1S/C13H12FN3O3/c1-20-11-6-8(14)2-3-9(11)10-4-5-13(19)17(16-10)7-12(15)18/h2-6H,7H2,1H3,(H2,15,18). The molecule has 0 aliphatic carbocycles. The zero-order valence-corrected chi connectivity index (χ0v) is 10.7. The highest BCUT2D eigenvalue weighted by Gasteiger charge is 2.11. The smallest absolute Gasteiger partial charge is 0.267 e.